The van der Waals surface area contributed by atoms with Crippen molar-refractivity contribution in [2.45, 2.75) is 0 Å². The van der Waals surface area contributed by atoms with Crippen LogP contribution >= 0.6 is 11.3 Å². The zero-order valence-corrected chi connectivity index (χ0v) is 38.5. The van der Waals surface area contributed by atoms with E-state index in [1.165, 1.54) is 85.7 Å². The van der Waals surface area contributed by atoms with Gasteiger partial charge in [0.05, 0.1) is 16.6 Å². The van der Waals surface area contributed by atoms with E-state index in [1.54, 1.807) is 0 Å². The molecule has 0 saturated carbocycles. The molecule has 11 aromatic carbocycles. The third kappa shape index (κ3) is 5.92. The number of nitrogens with zero attached hydrogens (tertiary/aromatic N) is 4. The lowest BCUT2D eigenvalue weighted by Crippen LogP contribution is -2.01. The van der Waals surface area contributed by atoms with Crippen LogP contribution < -0.4 is 0 Å². The fraction of sp³-hybridized carbons (Fsp3) is 0. The number of fused-ring (bicyclic) bond motifs is 8. The summed E-state index contributed by atoms with van der Waals surface area (Å²) in [6.07, 6.45) is 0. The SMILES string of the molecule is c1ccc(-c2nc(-c3ccc(-c4ccc5ccccc5c4)cc3)nc(-c3cccc4ccccc34)n2)c(-c2ccc(-c3cc4c5ccccc5n5c6ccccc6c6cccc7sc3c(c76)c45)cc2)c1. The third-order valence-corrected chi connectivity index (χ3v) is 15.6. The van der Waals surface area contributed by atoms with Gasteiger partial charge in [0.15, 0.2) is 17.5 Å². The second-order valence-corrected chi connectivity index (χ2v) is 19.3. The van der Waals surface area contributed by atoms with Gasteiger partial charge in [0, 0.05) is 58.6 Å². The Morgan fingerprint density at radius 2 is 0.829 bits per heavy atom. The largest absolute Gasteiger partial charge is 0.308 e. The summed E-state index contributed by atoms with van der Waals surface area (Å²) in [6, 6.07) is 83.2. The molecular weight excluding hydrogens is 869 g/mol. The lowest BCUT2D eigenvalue weighted by molar-refractivity contribution is 1.08. The first-order chi connectivity index (χ1) is 34.7. The molecule has 4 nitrogen and oxygen atoms in total. The fourth-order valence-electron chi connectivity index (χ4n) is 11.1. The molecule has 0 radical (unpaired) electrons. The van der Waals surface area contributed by atoms with E-state index in [0.29, 0.717) is 17.5 Å². The van der Waals surface area contributed by atoms with E-state index in [-0.39, 0.29) is 0 Å². The number of rotatable bonds is 6. The Morgan fingerprint density at radius 1 is 0.300 bits per heavy atom. The fourth-order valence-corrected chi connectivity index (χ4v) is 12.4. The Kier molecular flexibility index (Phi) is 8.49. The van der Waals surface area contributed by atoms with Crippen LogP contribution in [0.15, 0.2) is 231 Å². The van der Waals surface area contributed by atoms with Gasteiger partial charge in [0.1, 0.15) is 0 Å². The molecule has 5 heteroatoms. The minimum Gasteiger partial charge on any atom is -0.308 e. The van der Waals surface area contributed by atoms with Gasteiger partial charge < -0.3 is 4.40 Å². The molecule has 0 aliphatic heterocycles. The molecule has 0 N–H and O–H groups in total. The standard InChI is InChI=1S/C65H38N4S/c1-2-15-45-37-46(36-29-39(45)13-1)40-27-34-44(35-28-40)63-66-64(68-65(67-63)53-23-11-16-41-14-3-4-17-47(41)53)52-21-6-5-18-48(52)42-30-32-43(33-31-42)54-38-55-50-20-8-10-25-57(50)69-56-24-9-7-19-49(56)51-22-12-26-58-59(51)60(61(55)69)62(54)70-58/h1-38H. The molecule has 0 fully saturated rings. The average molecular weight is 907 g/mol. The van der Waals surface area contributed by atoms with Crippen molar-refractivity contribution in [3.63, 3.8) is 0 Å². The average Bonchev–Trinajstić information content (AvgIpc) is 3.95. The Balaban J connectivity index is 0.879. The van der Waals surface area contributed by atoms with Crippen molar-refractivity contribution in [3.05, 3.63) is 231 Å². The summed E-state index contributed by atoms with van der Waals surface area (Å²) < 4.78 is 5.13. The van der Waals surface area contributed by atoms with Crippen LogP contribution in [0.25, 0.3) is 147 Å². The normalized spacial score (nSPS) is 12.0. The summed E-state index contributed by atoms with van der Waals surface area (Å²) in [6.45, 7) is 0. The van der Waals surface area contributed by atoms with Gasteiger partial charge >= 0.3 is 0 Å². The van der Waals surface area contributed by atoms with Crippen LogP contribution in [0.5, 0.6) is 0 Å². The lowest BCUT2D eigenvalue weighted by Gasteiger charge is -2.14. The molecule has 4 heterocycles. The maximum atomic E-state index is 5.31. The van der Waals surface area contributed by atoms with E-state index in [2.05, 4.69) is 235 Å². The van der Waals surface area contributed by atoms with Gasteiger partial charge in [-0.15, -0.1) is 11.3 Å². The molecule has 0 aliphatic carbocycles. The summed E-state index contributed by atoms with van der Waals surface area (Å²) in [7, 11) is 0. The topological polar surface area (TPSA) is 43.1 Å². The maximum absolute atomic E-state index is 5.31. The number of hydrogen-bond acceptors (Lipinski definition) is 4. The van der Waals surface area contributed by atoms with E-state index in [4.69, 9.17) is 15.0 Å². The van der Waals surface area contributed by atoms with Crippen molar-refractivity contribution in [2.24, 2.45) is 0 Å². The Labute approximate surface area is 406 Å². The van der Waals surface area contributed by atoms with E-state index >= 15 is 0 Å². The number of benzene rings is 11. The van der Waals surface area contributed by atoms with Crippen LogP contribution in [0.4, 0.5) is 0 Å². The van der Waals surface area contributed by atoms with Crippen LogP contribution in [0.1, 0.15) is 0 Å². The monoisotopic (exact) mass is 906 g/mol. The molecule has 0 unspecified atom stereocenters. The highest BCUT2D eigenvalue weighted by molar-refractivity contribution is 7.26. The molecule has 70 heavy (non-hydrogen) atoms. The third-order valence-electron chi connectivity index (χ3n) is 14.4. The predicted molar refractivity (Wildman–Crippen MR) is 295 cm³/mol. The van der Waals surface area contributed by atoms with E-state index in [1.807, 2.05) is 11.3 Å². The summed E-state index contributed by atoms with van der Waals surface area (Å²) >= 11 is 1.90. The molecule has 0 bridgehead atoms. The van der Waals surface area contributed by atoms with Gasteiger partial charge in [-0.2, -0.15) is 0 Å². The van der Waals surface area contributed by atoms with Crippen molar-refractivity contribution < 1.29 is 0 Å². The van der Waals surface area contributed by atoms with Gasteiger partial charge in [-0.3, -0.25) is 0 Å². The first kappa shape index (κ1) is 39.0. The zero-order valence-electron chi connectivity index (χ0n) is 37.6. The highest BCUT2D eigenvalue weighted by Crippen LogP contribution is 2.50. The van der Waals surface area contributed by atoms with E-state index < -0.39 is 0 Å². The van der Waals surface area contributed by atoms with E-state index in [9.17, 15) is 0 Å². The van der Waals surface area contributed by atoms with Gasteiger partial charge in [0.2, 0.25) is 0 Å². The quantitative estimate of drug-likeness (QED) is 0.167. The van der Waals surface area contributed by atoms with Crippen LogP contribution in [0.2, 0.25) is 0 Å². The van der Waals surface area contributed by atoms with Gasteiger partial charge in [-0.1, -0.05) is 200 Å². The molecule has 0 amide bonds. The highest BCUT2D eigenvalue weighted by atomic mass is 32.1. The lowest BCUT2D eigenvalue weighted by atomic mass is 9.94. The van der Waals surface area contributed by atoms with Gasteiger partial charge in [-0.25, -0.2) is 15.0 Å². The minimum absolute atomic E-state index is 0.627. The van der Waals surface area contributed by atoms with Crippen molar-refractivity contribution >= 4 is 91.1 Å². The van der Waals surface area contributed by atoms with Crippen LogP contribution in [-0.4, -0.2) is 19.4 Å². The minimum atomic E-state index is 0.627. The molecule has 0 saturated heterocycles. The molecule has 0 spiro atoms. The molecular formula is C65H38N4S. The first-order valence-electron chi connectivity index (χ1n) is 23.8. The molecule has 0 aliphatic rings. The Bertz CT molecular complexity index is 4580. The Hall–Kier alpha value is -9.03. The van der Waals surface area contributed by atoms with E-state index in [0.717, 1.165) is 44.2 Å². The second kappa shape index (κ2) is 15.2. The van der Waals surface area contributed by atoms with Crippen LogP contribution in [-0.2, 0) is 0 Å². The summed E-state index contributed by atoms with van der Waals surface area (Å²) in [5.41, 5.74) is 13.5. The van der Waals surface area contributed by atoms with Crippen LogP contribution in [0, 0.1) is 0 Å². The van der Waals surface area contributed by atoms with Crippen molar-refractivity contribution in [2.75, 3.05) is 0 Å². The van der Waals surface area contributed by atoms with Crippen molar-refractivity contribution in [3.8, 4) is 67.5 Å². The van der Waals surface area contributed by atoms with Gasteiger partial charge in [0.25, 0.3) is 0 Å². The summed E-state index contributed by atoms with van der Waals surface area (Å²) in [4.78, 5) is 15.8. The summed E-state index contributed by atoms with van der Waals surface area (Å²) in [5.74, 6) is 1.89. The van der Waals surface area contributed by atoms with Crippen molar-refractivity contribution in [1.29, 1.82) is 0 Å². The predicted octanol–water partition coefficient (Wildman–Crippen LogP) is 17.7. The number of thiophene rings is 1. The van der Waals surface area contributed by atoms with Crippen LogP contribution in [0.3, 0.4) is 0 Å². The number of aromatic nitrogens is 4. The smallest absolute Gasteiger partial charge is 0.164 e. The number of para-hydroxylation sites is 2. The molecule has 15 aromatic rings. The summed E-state index contributed by atoms with van der Waals surface area (Å²) in [5, 5.41) is 12.5. The Morgan fingerprint density at radius 3 is 1.61 bits per heavy atom. The molecule has 0 atom stereocenters. The molecule has 324 valence electrons. The zero-order chi connectivity index (χ0) is 45.9. The van der Waals surface area contributed by atoms with Crippen molar-refractivity contribution in [1.82, 2.24) is 19.4 Å². The first-order valence-corrected chi connectivity index (χ1v) is 24.6. The molecule has 15 rings (SSSR count). The maximum Gasteiger partial charge on any atom is 0.164 e. The highest BCUT2D eigenvalue weighted by Gasteiger charge is 2.24. The second-order valence-electron chi connectivity index (χ2n) is 18.3. The molecule has 4 aromatic heterocycles. The van der Waals surface area contributed by atoms with Gasteiger partial charge in [-0.05, 0) is 85.1 Å². The number of hydrogen-bond donors (Lipinski definition) is 0.